The highest BCUT2D eigenvalue weighted by atomic mass is 35.5. The molecule has 2 unspecified atom stereocenters. The van der Waals surface area contributed by atoms with Crippen LogP contribution in [0.4, 0.5) is 5.82 Å². The summed E-state index contributed by atoms with van der Waals surface area (Å²) in [6.07, 6.45) is 8.73. The Morgan fingerprint density at radius 2 is 2.15 bits per heavy atom. The van der Waals surface area contributed by atoms with Crippen molar-refractivity contribution in [3.8, 4) is 11.7 Å². The van der Waals surface area contributed by atoms with E-state index in [0.29, 0.717) is 23.1 Å². The van der Waals surface area contributed by atoms with E-state index in [0.717, 1.165) is 42.9 Å². The number of rotatable bonds is 7. The van der Waals surface area contributed by atoms with E-state index in [1.165, 1.54) is 0 Å². The Morgan fingerprint density at radius 1 is 1.30 bits per heavy atom. The van der Waals surface area contributed by atoms with Crippen LogP contribution in [0.15, 0.2) is 43.0 Å². The molecule has 1 amide bonds. The number of aromatic nitrogens is 4. The topological polar surface area (TPSA) is 85.2 Å². The highest BCUT2D eigenvalue weighted by Crippen LogP contribution is 2.29. The minimum absolute atomic E-state index is 0.00644. The molecular formula is C24H29ClN6O2. The van der Waals surface area contributed by atoms with Crippen LogP contribution in [-0.2, 0) is 4.79 Å². The van der Waals surface area contributed by atoms with Crippen molar-refractivity contribution in [1.82, 2.24) is 24.8 Å². The van der Waals surface area contributed by atoms with Crippen molar-refractivity contribution in [3.05, 3.63) is 59.3 Å². The van der Waals surface area contributed by atoms with E-state index in [9.17, 15) is 4.79 Å². The second kappa shape index (κ2) is 10.2. The highest BCUT2D eigenvalue weighted by molar-refractivity contribution is 6.32. The van der Waals surface area contributed by atoms with Crippen LogP contribution in [0, 0.1) is 6.92 Å². The molecule has 1 N–H and O–H groups in total. The Morgan fingerprint density at radius 3 is 2.88 bits per heavy atom. The summed E-state index contributed by atoms with van der Waals surface area (Å²) in [5.74, 6) is 2.05. The molecular weight excluding hydrogens is 440 g/mol. The standard InChI is InChI=1S/C24H29ClN6O2/c1-16-12-22(29-24(27-16)30-11-9-26-15-30)31-10-5-4-6-19(31)14-23(32)28-17(2)18-7-8-21(33-3)20(25)13-18/h7-9,11-13,15,17,19H,4-6,10,14H2,1-3H3,(H,28,32). The summed E-state index contributed by atoms with van der Waals surface area (Å²) in [6.45, 7) is 4.78. The second-order valence-corrected chi connectivity index (χ2v) is 8.77. The van der Waals surface area contributed by atoms with Crippen molar-refractivity contribution in [2.75, 3.05) is 18.6 Å². The summed E-state index contributed by atoms with van der Waals surface area (Å²) in [7, 11) is 1.58. The van der Waals surface area contributed by atoms with Gasteiger partial charge in [0.25, 0.3) is 0 Å². The lowest BCUT2D eigenvalue weighted by atomic mass is 9.98. The van der Waals surface area contributed by atoms with Gasteiger partial charge in [-0.15, -0.1) is 0 Å². The smallest absolute Gasteiger partial charge is 0.237 e. The first kappa shape index (κ1) is 23.0. The van der Waals surface area contributed by atoms with Crippen LogP contribution in [0.3, 0.4) is 0 Å². The molecule has 0 spiro atoms. The summed E-state index contributed by atoms with van der Waals surface area (Å²) in [5.41, 5.74) is 1.81. The Kier molecular flexibility index (Phi) is 7.13. The van der Waals surface area contributed by atoms with Gasteiger partial charge in [0.1, 0.15) is 17.9 Å². The van der Waals surface area contributed by atoms with Gasteiger partial charge in [-0.05, 0) is 50.8 Å². The van der Waals surface area contributed by atoms with E-state index in [1.54, 1.807) is 24.2 Å². The van der Waals surface area contributed by atoms with Gasteiger partial charge >= 0.3 is 0 Å². The molecule has 1 aliphatic rings. The first-order valence-electron chi connectivity index (χ1n) is 11.2. The Bertz CT molecular complexity index is 1100. The fraction of sp³-hybridized carbons (Fsp3) is 0.417. The van der Waals surface area contributed by atoms with Crippen LogP contribution < -0.4 is 15.0 Å². The van der Waals surface area contributed by atoms with Gasteiger partial charge in [0.15, 0.2) is 0 Å². The molecule has 0 bridgehead atoms. The van der Waals surface area contributed by atoms with E-state index in [4.69, 9.17) is 21.3 Å². The first-order valence-corrected chi connectivity index (χ1v) is 11.6. The molecule has 1 fully saturated rings. The van der Waals surface area contributed by atoms with Gasteiger partial charge in [0.05, 0.1) is 18.2 Å². The maximum Gasteiger partial charge on any atom is 0.237 e. The van der Waals surface area contributed by atoms with Crippen LogP contribution >= 0.6 is 11.6 Å². The molecule has 2 aromatic heterocycles. The van der Waals surface area contributed by atoms with Crippen LogP contribution in [0.1, 0.15) is 49.9 Å². The van der Waals surface area contributed by atoms with E-state index in [-0.39, 0.29) is 18.0 Å². The largest absolute Gasteiger partial charge is 0.495 e. The van der Waals surface area contributed by atoms with Gasteiger partial charge < -0.3 is 15.0 Å². The molecule has 174 valence electrons. The molecule has 1 aromatic carbocycles. The molecule has 0 saturated carbocycles. The predicted octanol–water partition coefficient (Wildman–Crippen LogP) is 4.26. The fourth-order valence-corrected chi connectivity index (χ4v) is 4.51. The van der Waals surface area contributed by atoms with Crippen molar-refractivity contribution < 1.29 is 9.53 Å². The maximum atomic E-state index is 13.0. The third-order valence-corrected chi connectivity index (χ3v) is 6.26. The van der Waals surface area contributed by atoms with Crippen molar-refractivity contribution in [3.63, 3.8) is 0 Å². The number of piperidine rings is 1. The lowest BCUT2D eigenvalue weighted by molar-refractivity contribution is -0.122. The van der Waals surface area contributed by atoms with Gasteiger partial charge in [-0.2, -0.15) is 4.98 Å². The van der Waals surface area contributed by atoms with Crippen molar-refractivity contribution >= 4 is 23.3 Å². The molecule has 1 aliphatic heterocycles. The second-order valence-electron chi connectivity index (χ2n) is 8.37. The average molecular weight is 469 g/mol. The number of aryl methyl sites for hydroxylation is 1. The van der Waals surface area contributed by atoms with Gasteiger partial charge in [-0.1, -0.05) is 17.7 Å². The number of halogens is 1. The fourth-order valence-electron chi connectivity index (χ4n) is 4.24. The van der Waals surface area contributed by atoms with Gasteiger partial charge in [0.2, 0.25) is 11.9 Å². The number of carbonyl (C=O) groups is 1. The van der Waals surface area contributed by atoms with E-state index in [2.05, 4.69) is 20.2 Å². The molecule has 3 heterocycles. The molecule has 8 nitrogen and oxygen atoms in total. The van der Waals surface area contributed by atoms with Crippen molar-refractivity contribution in [2.45, 2.75) is 51.6 Å². The molecule has 1 saturated heterocycles. The molecule has 0 radical (unpaired) electrons. The van der Waals surface area contributed by atoms with E-state index in [1.807, 2.05) is 44.3 Å². The molecule has 9 heteroatoms. The average Bonchev–Trinajstić information content (AvgIpc) is 3.34. The number of anilines is 1. The lowest BCUT2D eigenvalue weighted by Gasteiger charge is -2.36. The molecule has 0 aliphatic carbocycles. The summed E-state index contributed by atoms with van der Waals surface area (Å²) in [6, 6.07) is 7.48. The molecule has 4 rings (SSSR count). The number of benzene rings is 1. The number of hydrogen-bond donors (Lipinski definition) is 1. The Labute approximate surface area is 199 Å². The summed E-state index contributed by atoms with van der Waals surface area (Å²) >= 11 is 6.25. The number of amides is 1. The number of ether oxygens (including phenoxy) is 1. The summed E-state index contributed by atoms with van der Waals surface area (Å²) in [4.78, 5) is 28.6. The van der Waals surface area contributed by atoms with E-state index >= 15 is 0 Å². The molecule has 2 atom stereocenters. The number of methoxy groups -OCH3 is 1. The SMILES string of the molecule is COc1ccc(C(C)NC(=O)CC2CCCCN2c2cc(C)nc(-n3ccnc3)n2)cc1Cl. The monoisotopic (exact) mass is 468 g/mol. The normalized spacial score (nSPS) is 17.0. The molecule has 33 heavy (non-hydrogen) atoms. The van der Waals surface area contributed by atoms with Gasteiger partial charge in [-0.3, -0.25) is 9.36 Å². The van der Waals surface area contributed by atoms with Crippen LogP contribution in [-0.4, -0.2) is 45.1 Å². The number of nitrogens with one attached hydrogen (secondary N) is 1. The number of carbonyl (C=O) groups excluding carboxylic acids is 1. The number of hydrogen-bond acceptors (Lipinski definition) is 6. The summed E-state index contributed by atoms with van der Waals surface area (Å²) in [5, 5.41) is 3.65. The Hall–Kier alpha value is -3.13. The first-order chi connectivity index (χ1) is 15.9. The zero-order chi connectivity index (χ0) is 23.4. The van der Waals surface area contributed by atoms with Crippen LogP contribution in [0.2, 0.25) is 5.02 Å². The third-order valence-electron chi connectivity index (χ3n) is 5.96. The van der Waals surface area contributed by atoms with Crippen LogP contribution in [0.25, 0.3) is 5.95 Å². The third kappa shape index (κ3) is 5.45. The predicted molar refractivity (Wildman–Crippen MR) is 128 cm³/mol. The maximum absolute atomic E-state index is 13.0. The van der Waals surface area contributed by atoms with Gasteiger partial charge in [0, 0.05) is 43.2 Å². The quantitative estimate of drug-likeness (QED) is 0.557. The van der Waals surface area contributed by atoms with Gasteiger partial charge in [-0.25, -0.2) is 9.97 Å². The van der Waals surface area contributed by atoms with Crippen LogP contribution in [0.5, 0.6) is 5.75 Å². The minimum Gasteiger partial charge on any atom is -0.495 e. The number of nitrogens with zero attached hydrogens (tertiary/aromatic N) is 5. The highest BCUT2D eigenvalue weighted by Gasteiger charge is 2.27. The Balaban J connectivity index is 1.47. The van der Waals surface area contributed by atoms with Crippen molar-refractivity contribution in [1.29, 1.82) is 0 Å². The molecule has 3 aromatic rings. The minimum atomic E-state index is -0.160. The summed E-state index contributed by atoms with van der Waals surface area (Å²) < 4.78 is 7.01. The number of imidazole rings is 1. The van der Waals surface area contributed by atoms with Crippen molar-refractivity contribution in [2.24, 2.45) is 0 Å². The zero-order valence-corrected chi connectivity index (χ0v) is 19.9. The lowest BCUT2D eigenvalue weighted by Crippen LogP contribution is -2.43. The van der Waals surface area contributed by atoms with E-state index < -0.39 is 0 Å². The zero-order valence-electron chi connectivity index (χ0n) is 19.2.